The summed E-state index contributed by atoms with van der Waals surface area (Å²) in [6.45, 7) is 13.9. The van der Waals surface area contributed by atoms with Gasteiger partial charge in [0.2, 0.25) is 5.28 Å². The second-order valence-corrected chi connectivity index (χ2v) is 16.5. The van der Waals surface area contributed by atoms with Gasteiger partial charge >= 0.3 is 6.09 Å². The number of halogens is 1. The van der Waals surface area contributed by atoms with Crippen LogP contribution in [0, 0.1) is 0 Å². The Hall–Kier alpha value is -1.84. The van der Waals surface area contributed by atoms with Crippen LogP contribution in [0.2, 0.25) is 31.0 Å². The average molecular weight is 468 g/mol. The van der Waals surface area contributed by atoms with Crippen molar-refractivity contribution in [2.24, 2.45) is 0 Å². The molecule has 0 bridgehead atoms. The van der Waals surface area contributed by atoms with Gasteiger partial charge in [0, 0.05) is 38.5 Å². The summed E-state index contributed by atoms with van der Waals surface area (Å²) in [5.74, 6) is 0.678. The van der Waals surface area contributed by atoms with Crippen molar-refractivity contribution in [2.75, 3.05) is 11.9 Å². The van der Waals surface area contributed by atoms with Gasteiger partial charge in [-0.1, -0.05) is 19.6 Å². The van der Waals surface area contributed by atoms with Crippen LogP contribution in [0.4, 0.5) is 10.6 Å². The molecule has 1 amide bonds. The highest BCUT2D eigenvalue weighted by atomic mass is 35.5. The topological polar surface area (TPSA) is 92.5 Å². The van der Waals surface area contributed by atoms with E-state index in [1.54, 1.807) is 4.90 Å². The molecular formula is C21H34ClN5O3Si. The van der Waals surface area contributed by atoms with Gasteiger partial charge in [-0.05, 0) is 57.3 Å². The maximum Gasteiger partial charge on any atom is 0.407 e. The summed E-state index contributed by atoms with van der Waals surface area (Å²) < 4.78 is 7.80. The van der Waals surface area contributed by atoms with E-state index in [2.05, 4.69) is 34.9 Å². The van der Waals surface area contributed by atoms with Crippen molar-refractivity contribution < 1.29 is 14.6 Å². The number of rotatable bonds is 8. The molecule has 0 aromatic carbocycles. The van der Waals surface area contributed by atoms with E-state index in [0.29, 0.717) is 12.5 Å². The smallest absolute Gasteiger partial charge is 0.407 e. The molecule has 1 aliphatic rings. The molecule has 2 heterocycles. The minimum absolute atomic E-state index is 0.00725. The number of hydrogen-bond donors (Lipinski definition) is 2. The number of aromatic nitrogens is 3. The van der Waals surface area contributed by atoms with E-state index in [9.17, 15) is 9.90 Å². The van der Waals surface area contributed by atoms with Crippen LogP contribution < -0.4 is 5.32 Å². The first-order valence-electron chi connectivity index (χ1n) is 10.7. The summed E-state index contributed by atoms with van der Waals surface area (Å²) in [5, 5.41) is 14.1. The van der Waals surface area contributed by atoms with Crippen molar-refractivity contribution in [1.29, 1.82) is 0 Å². The van der Waals surface area contributed by atoms with Crippen LogP contribution in [0.3, 0.4) is 0 Å². The predicted octanol–water partition coefficient (Wildman–Crippen LogP) is 5.12. The van der Waals surface area contributed by atoms with Crippen LogP contribution in [0.5, 0.6) is 0 Å². The minimum Gasteiger partial charge on any atom is -0.465 e. The molecule has 1 aliphatic carbocycles. The molecular weight excluding hydrogens is 434 g/mol. The third kappa shape index (κ3) is 5.90. The SMILES string of the molecule is CC(C)(C)N(C(=O)O)C1CC(Nc2nc(Cl)nc3c2ccn3COCC[Si](C)(C)C)C1. The summed E-state index contributed by atoms with van der Waals surface area (Å²) in [7, 11) is -1.13. The quantitative estimate of drug-likeness (QED) is 0.318. The van der Waals surface area contributed by atoms with Gasteiger partial charge in [-0.25, -0.2) is 9.78 Å². The number of carbonyl (C=O) groups is 1. The van der Waals surface area contributed by atoms with Gasteiger partial charge in [-0.2, -0.15) is 4.98 Å². The van der Waals surface area contributed by atoms with Gasteiger partial charge in [0.25, 0.3) is 0 Å². The molecule has 0 saturated heterocycles. The van der Waals surface area contributed by atoms with Crippen molar-refractivity contribution in [3.05, 3.63) is 17.5 Å². The molecule has 31 heavy (non-hydrogen) atoms. The van der Waals surface area contributed by atoms with Gasteiger partial charge in [-0.3, -0.25) is 0 Å². The van der Waals surface area contributed by atoms with Gasteiger partial charge in [0.15, 0.2) is 0 Å². The summed E-state index contributed by atoms with van der Waals surface area (Å²) >= 11 is 6.20. The zero-order valence-electron chi connectivity index (χ0n) is 19.3. The Morgan fingerprint density at radius 3 is 2.61 bits per heavy atom. The monoisotopic (exact) mass is 467 g/mol. The Morgan fingerprint density at radius 2 is 2.03 bits per heavy atom. The number of fused-ring (bicyclic) bond motifs is 1. The standard InChI is InChI=1S/C21H34ClN5O3Si/c1-21(2,3)27(20(28)29)15-11-14(12-15)23-17-16-7-8-26(18(16)25-19(22)24-17)13-30-9-10-31(4,5)6/h7-8,14-15H,9-13H2,1-6H3,(H,28,29)(H,23,24,25). The second kappa shape index (κ2) is 8.95. The van der Waals surface area contributed by atoms with Crippen LogP contribution in [-0.2, 0) is 11.5 Å². The number of amides is 1. The normalized spacial score (nSPS) is 19.3. The number of nitrogens with zero attached hydrogens (tertiary/aromatic N) is 4. The first kappa shape index (κ1) is 23.8. The van der Waals surface area contributed by atoms with Crippen LogP contribution in [0.25, 0.3) is 11.0 Å². The molecule has 8 nitrogen and oxygen atoms in total. The lowest BCUT2D eigenvalue weighted by atomic mass is 9.83. The van der Waals surface area contributed by atoms with Crippen LogP contribution in [0.15, 0.2) is 12.3 Å². The van der Waals surface area contributed by atoms with Crippen molar-refractivity contribution in [2.45, 2.75) is 83.7 Å². The molecule has 2 aromatic heterocycles. The Balaban J connectivity index is 1.66. The molecule has 172 valence electrons. The van der Waals surface area contributed by atoms with Crippen molar-refractivity contribution in [1.82, 2.24) is 19.4 Å². The van der Waals surface area contributed by atoms with Crippen LogP contribution in [-0.4, -0.2) is 62.9 Å². The summed E-state index contributed by atoms with van der Waals surface area (Å²) in [6.07, 6.45) is 2.51. The zero-order chi connectivity index (χ0) is 23.0. The molecule has 3 rings (SSSR count). The first-order valence-corrected chi connectivity index (χ1v) is 14.8. The zero-order valence-corrected chi connectivity index (χ0v) is 21.0. The highest BCUT2D eigenvalue weighted by Crippen LogP contribution is 2.34. The van der Waals surface area contributed by atoms with Crippen LogP contribution >= 0.6 is 11.6 Å². The lowest BCUT2D eigenvalue weighted by Gasteiger charge is -2.47. The molecule has 10 heteroatoms. The molecule has 0 aliphatic heterocycles. The summed E-state index contributed by atoms with van der Waals surface area (Å²) in [6, 6.07) is 3.21. The average Bonchev–Trinajstić information content (AvgIpc) is 2.97. The third-order valence-corrected chi connectivity index (χ3v) is 7.44. The lowest BCUT2D eigenvalue weighted by molar-refractivity contribution is 0.0379. The van der Waals surface area contributed by atoms with E-state index in [0.717, 1.165) is 36.5 Å². The Morgan fingerprint density at radius 1 is 1.35 bits per heavy atom. The number of anilines is 1. The van der Waals surface area contributed by atoms with E-state index in [4.69, 9.17) is 16.3 Å². The number of nitrogens with one attached hydrogen (secondary N) is 1. The second-order valence-electron chi connectivity index (χ2n) is 10.5. The van der Waals surface area contributed by atoms with E-state index >= 15 is 0 Å². The fourth-order valence-electron chi connectivity index (χ4n) is 3.89. The first-order chi connectivity index (χ1) is 14.3. The molecule has 0 spiro atoms. The molecule has 0 atom stereocenters. The highest BCUT2D eigenvalue weighted by Gasteiger charge is 2.41. The van der Waals surface area contributed by atoms with Gasteiger partial charge < -0.3 is 24.6 Å². The van der Waals surface area contributed by atoms with E-state index in [1.807, 2.05) is 37.6 Å². The fourth-order valence-corrected chi connectivity index (χ4v) is 4.82. The summed E-state index contributed by atoms with van der Waals surface area (Å²) in [5.41, 5.74) is 0.299. The fraction of sp³-hybridized carbons (Fsp3) is 0.667. The maximum atomic E-state index is 11.7. The predicted molar refractivity (Wildman–Crippen MR) is 127 cm³/mol. The van der Waals surface area contributed by atoms with Gasteiger partial charge in [0.05, 0.1) is 5.39 Å². The van der Waals surface area contributed by atoms with Crippen molar-refractivity contribution >= 4 is 42.6 Å². The molecule has 2 aromatic rings. The van der Waals surface area contributed by atoms with Crippen molar-refractivity contribution in [3.63, 3.8) is 0 Å². The van der Waals surface area contributed by atoms with E-state index in [-0.39, 0.29) is 17.4 Å². The Labute approximate surface area is 190 Å². The van der Waals surface area contributed by atoms with Gasteiger partial charge in [-0.15, -0.1) is 0 Å². The van der Waals surface area contributed by atoms with E-state index < -0.39 is 19.7 Å². The number of ether oxygens (including phenoxy) is 1. The molecule has 1 fully saturated rings. The number of carboxylic acid groups (broad SMARTS) is 1. The Kier molecular flexibility index (Phi) is 6.88. The lowest BCUT2D eigenvalue weighted by Crippen LogP contribution is -2.58. The number of hydrogen-bond acceptors (Lipinski definition) is 5. The van der Waals surface area contributed by atoms with E-state index in [1.165, 1.54) is 0 Å². The van der Waals surface area contributed by atoms with Crippen LogP contribution in [0.1, 0.15) is 33.6 Å². The van der Waals surface area contributed by atoms with Crippen molar-refractivity contribution in [3.8, 4) is 0 Å². The maximum absolute atomic E-state index is 11.7. The molecule has 2 N–H and O–H groups in total. The molecule has 1 saturated carbocycles. The third-order valence-electron chi connectivity index (χ3n) is 5.57. The molecule has 0 unspecified atom stereocenters. The Bertz CT molecular complexity index is 931. The highest BCUT2D eigenvalue weighted by molar-refractivity contribution is 6.76. The molecule has 0 radical (unpaired) electrons. The summed E-state index contributed by atoms with van der Waals surface area (Å²) in [4.78, 5) is 22.0. The van der Waals surface area contributed by atoms with Gasteiger partial charge in [0.1, 0.15) is 18.2 Å². The minimum atomic E-state index is -1.13. The largest absolute Gasteiger partial charge is 0.465 e.